The molecule has 2 aromatic heterocycles. The lowest BCUT2D eigenvalue weighted by Crippen LogP contribution is -2.31. The summed E-state index contributed by atoms with van der Waals surface area (Å²) in [5.74, 6) is -0.455. The minimum atomic E-state index is -3.47. The van der Waals surface area contributed by atoms with E-state index >= 15 is 0 Å². The fourth-order valence-corrected chi connectivity index (χ4v) is 3.68. The number of aromatic nitrogens is 4. The lowest BCUT2D eigenvalue weighted by atomic mass is 10.2. The fourth-order valence-electron chi connectivity index (χ4n) is 3.01. The van der Waals surface area contributed by atoms with Gasteiger partial charge in [0.15, 0.2) is 21.0 Å². The molecular formula is C19H22N4O6S. The summed E-state index contributed by atoms with van der Waals surface area (Å²) in [5.41, 5.74) is -0.605. The first-order valence-corrected chi connectivity index (χ1v) is 11.2. The van der Waals surface area contributed by atoms with Crippen LogP contribution in [0.1, 0.15) is 35.9 Å². The smallest absolute Gasteiger partial charge is 0.338 e. The molecule has 0 aliphatic rings. The van der Waals surface area contributed by atoms with E-state index in [1.165, 1.54) is 33.4 Å². The summed E-state index contributed by atoms with van der Waals surface area (Å²) in [6, 6.07) is 5.52. The van der Waals surface area contributed by atoms with Gasteiger partial charge in [0.2, 0.25) is 0 Å². The van der Waals surface area contributed by atoms with Crippen LogP contribution in [0.2, 0.25) is 0 Å². The predicted molar refractivity (Wildman–Crippen MR) is 109 cm³/mol. The molecule has 0 atom stereocenters. The van der Waals surface area contributed by atoms with Crippen LogP contribution in [0.5, 0.6) is 0 Å². The highest BCUT2D eigenvalue weighted by molar-refractivity contribution is 7.90. The summed E-state index contributed by atoms with van der Waals surface area (Å²) >= 11 is 0. The number of hydrogen-bond acceptors (Lipinski definition) is 7. The van der Waals surface area contributed by atoms with Crippen LogP contribution < -0.4 is 11.2 Å². The molecule has 30 heavy (non-hydrogen) atoms. The molecule has 11 heteroatoms. The maximum Gasteiger partial charge on any atom is 0.338 e. The van der Waals surface area contributed by atoms with E-state index in [1.807, 2.05) is 6.92 Å². The van der Waals surface area contributed by atoms with Crippen LogP contribution in [0.25, 0.3) is 11.2 Å². The van der Waals surface area contributed by atoms with Crippen LogP contribution in [0.3, 0.4) is 0 Å². The molecule has 3 aromatic rings. The minimum absolute atomic E-state index is 0.00570. The number of sulfone groups is 1. The number of hydrogen-bond donors (Lipinski definition) is 1. The normalized spacial score (nSPS) is 11.7. The largest absolute Gasteiger partial charge is 0.454 e. The summed E-state index contributed by atoms with van der Waals surface area (Å²) in [4.78, 5) is 43.4. The van der Waals surface area contributed by atoms with Gasteiger partial charge in [-0.3, -0.25) is 14.3 Å². The van der Waals surface area contributed by atoms with Crippen LogP contribution in [-0.4, -0.2) is 39.7 Å². The van der Waals surface area contributed by atoms with Crippen LogP contribution in [-0.2, 0) is 34.8 Å². The number of benzene rings is 1. The van der Waals surface area contributed by atoms with Crippen molar-refractivity contribution >= 4 is 27.0 Å². The number of esters is 1. The fraction of sp³-hybridized carbons (Fsp3) is 0.368. The number of carbonyl (C=O) groups excluding carboxylic acids is 1. The van der Waals surface area contributed by atoms with Gasteiger partial charge >= 0.3 is 11.7 Å². The second kappa shape index (κ2) is 8.27. The number of ether oxygens (including phenoxy) is 1. The summed E-state index contributed by atoms with van der Waals surface area (Å²) < 4.78 is 31.5. The topological polar surface area (TPSA) is 133 Å². The Labute approximate surface area is 172 Å². The maximum absolute atomic E-state index is 12.4. The molecule has 0 aliphatic heterocycles. The standard InChI is InChI=1S/C19H22N4O6S/c1-4-5-9-23-16-15(17(24)21-19(23)26)22(2)14(20-16)11-29-18(25)12-7-6-8-13(10-12)30(3,27)28/h6-8,10H,4-5,9,11H2,1-3H3,(H,21,24,26). The van der Waals surface area contributed by atoms with Crippen molar-refractivity contribution in [2.45, 2.75) is 37.8 Å². The zero-order valence-electron chi connectivity index (χ0n) is 16.8. The van der Waals surface area contributed by atoms with Crippen LogP contribution in [0.4, 0.5) is 0 Å². The molecule has 1 N–H and O–H groups in total. The number of carbonyl (C=O) groups is 1. The van der Waals surface area contributed by atoms with Gasteiger partial charge in [0, 0.05) is 19.8 Å². The molecule has 0 spiro atoms. The zero-order valence-corrected chi connectivity index (χ0v) is 17.7. The first-order chi connectivity index (χ1) is 14.1. The van der Waals surface area contributed by atoms with Gasteiger partial charge in [0.1, 0.15) is 12.4 Å². The molecule has 3 rings (SSSR count). The number of aromatic amines is 1. The van der Waals surface area contributed by atoms with E-state index in [1.54, 1.807) is 7.05 Å². The van der Waals surface area contributed by atoms with E-state index in [-0.39, 0.29) is 34.1 Å². The van der Waals surface area contributed by atoms with Crippen molar-refractivity contribution in [1.29, 1.82) is 0 Å². The Kier molecular flexibility index (Phi) is 5.92. The molecule has 0 saturated heterocycles. The second-order valence-electron chi connectivity index (χ2n) is 6.90. The Morgan fingerprint density at radius 1 is 1.27 bits per heavy atom. The molecule has 0 fully saturated rings. The lowest BCUT2D eigenvalue weighted by molar-refractivity contribution is 0.0459. The number of unbranched alkanes of at least 4 members (excludes halogenated alkanes) is 1. The van der Waals surface area contributed by atoms with Gasteiger partial charge < -0.3 is 9.30 Å². The van der Waals surface area contributed by atoms with Crippen molar-refractivity contribution < 1.29 is 17.9 Å². The van der Waals surface area contributed by atoms with Crippen molar-refractivity contribution in [2.24, 2.45) is 7.05 Å². The quantitative estimate of drug-likeness (QED) is 0.548. The third-order valence-corrected chi connectivity index (χ3v) is 5.78. The van der Waals surface area contributed by atoms with Crippen LogP contribution in [0, 0.1) is 0 Å². The van der Waals surface area contributed by atoms with Crippen molar-refractivity contribution in [2.75, 3.05) is 6.26 Å². The Hall–Kier alpha value is -3.21. The zero-order chi connectivity index (χ0) is 22.1. The SMILES string of the molecule is CCCCn1c(=O)[nH]c(=O)c2c1nc(COC(=O)c1cccc(S(C)(=O)=O)c1)n2C. The van der Waals surface area contributed by atoms with E-state index in [0.29, 0.717) is 6.54 Å². The average molecular weight is 434 g/mol. The molecule has 10 nitrogen and oxygen atoms in total. The van der Waals surface area contributed by atoms with Gasteiger partial charge in [0.05, 0.1) is 10.5 Å². The van der Waals surface area contributed by atoms with Crippen molar-refractivity contribution in [3.8, 4) is 0 Å². The Bertz CT molecular complexity index is 1330. The monoisotopic (exact) mass is 434 g/mol. The molecule has 0 radical (unpaired) electrons. The third-order valence-electron chi connectivity index (χ3n) is 4.67. The molecular weight excluding hydrogens is 412 g/mol. The number of nitrogens with zero attached hydrogens (tertiary/aromatic N) is 3. The van der Waals surface area contributed by atoms with Gasteiger partial charge in [-0.2, -0.15) is 0 Å². The van der Waals surface area contributed by atoms with E-state index in [0.717, 1.165) is 19.1 Å². The summed E-state index contributed by atoms with van der Waals surface area (Å²) in [5, 5.41) is 0. The minimum Gasteiger partial charge on any atom is -0.454 e. The van der Waals surface area contributed by atoms with E-state index in [4.69, 9.17) is 4.74 Å². The second-order valence-corrected chi connectivity index (χ2v) is 8.92. The first kappa shape index (κ1) is 21.5. The summed E-state index contributed by atoms with van der Waals surface area (Å²) in [6.07, 6.45) is 2.64. The highest BCUT2D eigenvalue weighted by Crippen LogP contribution is 2.15. The number of aryl methyl sites for hydroxylation is 2. The molecule has 1 aromatic carbocycles. The van der Waals surface area contributed by atoms with Crippen molar-refractivity contribution in [3.63, 3.8) is 0 Å². The lowest BCUT2D eigenvalue weighted by Gasteiger charge is -2.06. The van der Waals surface area contributed by atoms with E-state index in [9.17, 15) is 22.8 Å². The Morgan fingerprint density at radius 3 is 2.67 bits per heavy atom. The van der Waals surface area contributed by atoms with Crippen molar-refractivity contribution in [1.82, 2.24) is 19.1 Å². The van der Waals surface area contributed by atoms with E-state index in [2.05, 4.69) is 9.97 Å². The molecule has 160 valence electrons. The highest BCUT2D eigenvalue weighted by Gasteiger charge is 2.18. The van der Waals surface area contributed by atoms with Gasteiger partial charge in [-0.25, -0.2) is 23.0 Å². The molecule has 0 bridgehead atoms. The van der Waals surface area contributed by atoms with Gasteiger partial charge in [-0.15, -0.1) is 0 Å². The Balaban J connectivity index is 1.91. The van der Waals surface area contributed by atoms with Crippen LogP contribution in [0.15, 0.2) is 38.8 Å². The average Bonchev–Trinajstić information content (AvgIpc) is 3.02. The summed E-state index contributed by atoms with van der Waals surface area (Å²) in [7, 11) is -1.88. The molecule has 0 saturated carbocycles. The van der Waals surface area contributed by atoms with Gasteiger partial charge in [-0.05, 0) is 24.6 Å². The predicted octanol–water partition coefficient (Wildman–Crippen LogP) is 0.984. The summed E-state index contributed by atoms with van der Waals surface area (Å²) in [6.45, 7) is 2.13. The maximum atomic E-state index is 12.4. The number of nitrogens with one attached hydrogen (secondary N) is 1. The van der Waals surface area contributed by atoms with Crippen LogP contribution >= 0.6 is 0 Å². The first-order valence-electron chi connectivity index (χ1n) is 9.29. The van der Waals surface area contributed by atoms with Gasteiger partial charge in [0.25, 0.3) is 5.56 Å². The Morgan fingerprint density at radius 2 is 2.00 bits per heavy atom. The number of imidazole rings is 1. The van der Waals surface area contributed by atoms with E-state index < -0.39 is 27.1 Å². The molecule has 0 amide bonds. The van der Waals surface area contributed by atoms with Crippen molar-refractivity contribution in [3.05, 3.63) is 56.5 Å². The highest BCUT2D eigenvalue weighted by atomic mass is 32.2. The number of fused-ring (bicyclic) bond motifs is 1. The molecule has 2 heterocycles. The number of H-pyrrole nitrogens is 1. The van der Waals surface area contributed by atoms with Gasteiger partial charge in [-0.1, -0.05) is 19.4 Å². The number of rotatable bonds is 7. The molecule has 0 aliphatic carbocycles. The molecule has 0 unspecified atom stereocenters. The third kappa shape index (κ3) is 4.20.